The third-order valence-corrected chi connectivity index (χ3v) is 5.94. The van der Waals surface area contributed by atoms with E-state index in [4.69, 9.17) is 11.6 Å². The van der Waals surface area contributed by atoms with Gasteiger partial charge in [-0.1, -0.05) is 72.3 Å². The van der Waals surface area contributed by atoms with Crippen LogP contribution in [-0.4, -0.2) is 52.8 Å². The van der Waals surface area contributed by atoms with Gasteiger partial charge in [0.15, 0.2) is 0 Å². The molecule has 1 aliphatic heterocycles. The highest BCUT2D eigenvalue weighted by atomic mass is 35.5. The SMILES string of the molecule is O=C(NCc1ccccc1)C(c1ccccc1)N1CCN(C(=O)c2ccncc2Cl)CC1. The molecule has 1 fully saturated rings. The zero-order chi connectivity index (χ0) is 22.3. The minimum atomic E-state index is -0.415. The van der Waals surface area contributed by atoms with Crippen molar-refractivity contribution in [3.8, 4) is 0 Å². The predicted molar refractivity (Wildman–Crippen MR) is 124 cm³/mol. The average Bonchev–Trinajstić information content (AvgIpc) is 2.84. The van der Waals surface area contributed by atoms with Gasteiger partial charge < -0.3 is 10.2 Å². The van der Waals surface area contributed by atoms with Crippen molar-refractivity contribution in [1.82, 2.24) is 20.1 Å². The molecule has 32 heavy (non-hydrogen) atoms. The van der Waals surface area contributed by atoms with Crippen LogP contribution in [0.3, 0.4) is 0 Å². The lowest BCUT2D eigenvalue weighted by molar-refractivity contribution is -0.127. The topological polar surface area (TPSA) is 65.5 Å². The van der Waals surface area contributed by atoms with Gasteiger partial charge in [-0.05, 0) is 17.2 Å². The summed E-state index contributed by atoms with van der Waals surface area (Å²) in [6.07, 6.45) is 3.05. The molecule has 3 aromatic rings. The Kier molecular flexibility index (Phi) is 7.14. The number of piperazine rings is 1. The Morgan fingerprint density at radius 1 is 0.938 bits per heavy atom. The number of nitrogens with one attached hydrogen (secondary N) is 1. The van der Waals surface area contributed by atoms with Crippen LogP contribution < -0.4 is 5.32 Å². The Morgan fingerprint density at radius 3 is 2.25 bits per heavy atom. The Labute approximate surface area is 192 Å². The molecular formula is C25H25ClN4O2. The summed E-state index contributed by atoms with van der Waals surface area (Å²) in [4.78, 5) is 34.0. The van der Waals surface area contributed by atoms with Crippen LogP contribution in [0.15, 0.2) is 79.1 Å². The van der Waals surface area contributed by atoms with Crippen molar-refractivity contribution < 1.29 is 9.59 Å². The van der Waals surface area contributed by atoms with E-state index in [2.05, 4.69) is 15.2 Å². The first-order chi connectivity index (χ1) is 15.6. The molecule has 1 aromatic heterocycles. The minimum absolute atomic E-state index is 0.0444. The highest BCUT2D eigenvalue weighted by molar-refractivity contribution is 6.33. The van der Waals surface area contributed by atoms with Gasteiger partial charge >= 0.3 is 0 Å². The number of pyridine rings is 1. The van der Waals surface area contributed by atoms with Gasteiger partial charge in [0.25, 0.3) is 5.91 Å². The molecular weight excluding hydrogens is 424 g/mol. The number of hydrogen-bond acceptors (Lipinski definition) is 4. The standard InChI is InChI=1S/C25H25ClN4O2/c26-22-18-27-12-11-21(22)25(32)30-15-13-29(14-16-30)23(20-9-5-2-6-10-20)24(31)28-17-19-7-3-1-4-8-19/h1-12,18,23H,13-17H2,(H,28,31). The van der Waals surface area contributed by atoms with E-state index >= 15 is 0 Å². The van der Waals surface area contributed by atoms with Gasteiger partial charge in [0, 0.05) is 45.1 Å². The second-order valence-electron chi connectivity index (χ2n) is 7.70. The fraction of sp³-hybridized carbons (Fsp3) is 0.240. The van der Waals surface area contributed by atoms with Crippen LogP contribution in [0.1, 0.15) is 27.5 Å². The number of amides is 2. The van der Waals surface area contributed by atoms with Crippen molar-refractivity contribution in [3.63, 3.8) is 0 Å². The third kappa shape index (κ3) is 5.15. The Balaban J connectivity index is 1.45. The molecule has 1 atom stereocenters. The summed E-state index contributed by atoms with van der Waals surface area (Å²) in [5, 5.41) is 3.43. The largest absolute Gasteiger partial charge is 0.350 e. The molecule has 2 amide bonds. The number of nitrogens with zero attached hydrogens (tertiary/aromatic N) is 3. The molecule has 1 saturated heterocycles. The van der Waals surface area contributed by atoms with Gasteiger partial charge in [0.2, 0.25) is 5.91 Å². The lowest BCUT2D eigenvalue weighted by Gasteiger charge is -2.39. The van der Waals surface area contributed by atoms with Crippen molar-refractivity contribution in [2.24, 2.45) is 0 Å². The first kappa shape index (κ1) is 22.0. The van der Waals surface area contributed by atoms with E-state index in [9.17, 15) is 9.59 Å². The van der Waals surface area contributed by atoms with E-state index in [0.29, 0.717) is 43.3 Å². The zero-order valence-corrected chi connectivity index (χ0v) is 18.4. The number of carbonyl (C=O) groups excluding carboxylic acids is 2. The molecule has 164 valence electrons. The fourth-order valence-corrected chi connectivity index (χ4v) is 4.15. The summed E-state index contributed by atoms with van der Waals surface area (Å²) in [5.74, 6) is -0.154. The van der Waals surface area contributed by atoms with Gasteiger partial charge in [-0.25, -0.2) is 0 Å². The number of benzene rings is 2. The molecule has 0 saturated carbocycles. The quantitative estimate of drug-likeness (QED) is 0.626. The van der Waals surface area contributed by atoms with Crippen molar-refractivity contribution >= 4 is 23.4 Å². The molecule has 0 aliphatic carbocycles. The normalized spacial score (nSPS) is 15.2. The predicted octanol–water partition coefficient (Wildman–Crippen LogP) is 3.55. The van der Waals surface area contributed by atoms with Crippen molar-refractivity contribution in [2.45, 2.75) is 12.6 Å². The first-order valence-corrected chi connectivity index (χ1v) is 11.0. The Bertz CT molecular complexity index is 1050. The van der Waals surface area contributed by atoms with Crippen molar-refractivity contribution in [3.05, 3.63) is 101 Å². The fourth-order valence-electron chi connectivity index (χ4n) is 3.95. The molecule has 2 heterocycles. The average molecular weight is 449 g/mol. The van der Waals surface area contributed by atoms with E-state index in [-0.39, 0.29) is 11.8 Å². The van der Waals surface area contributed by atoms with Crippen LogP contribution in [0.25, 0.3) is 0 Å². The summed E-state index contributed by atoms with van der Waals surface area (Å²) < 4.78 is 0. The summed E-state index contributed by atoms with van der Waals surface area (Å²) in [5.41, 5.74) is 2.45. The smallest absolute Gasteiger partial charge is 0.255 e. The molecule has 0 bridgehead atoms. The second kappa shape index (κ2) is 10.4. The summed E-state index contributed by atoms with van der Waals surface area (Å²) in [6.45, 7) is 2.70. The number of carbonyl (C=O) groups is 2. The summed E-state index contributed by atoms with van der Waals surface area (Å²) in [6, 6.07) is 20.9. The molecule has 2 aromatic carbocycles. The van der Waals surface area contributed by atoms with Crippen LogP contribution >= 0.6 is 11.6 Å². The second-order valence-corrected chi connectivity index (χ2v) is 8.11. The van der Waals surface area contributed by atoms with E-state index < -0.39 is 6.04 Å². The van der Waals surface area contributed by atoms with Crippen LogP contribution in [-0.2, 0) is 11.3 Å². The Morgan fingerprint density at radius 2 is 1.59 bits per heavy atom. The van der Waals surface area contributed by atoms with Crippen molar-refractivity contribution in [1.29, 1.82) is 0 Å². The highest BCUT2D eigenvalue weighted by Crippen LogP contribution is 2.24. The molecule has 6 nitrogen and oxygen atoms in total. The van der Waals surface area contributed by atoms with Crippen LogP contribution in [0.2, 0.25) is 5.02 Å². The Hall–Kier alpha value is -3.22. The molecule has 4 rings (SSSR count). The van der Waals surface area contributed by atoms with Gasteiger partial charge in [0.1, 0.15) is 6.04 Å². The number of halogens is 1. The van der Waals surface area contributed by atoms with Gasteiger partial charge in [-0.15, -0.1) is 0 Å². The lowest BCUT2D eigenvalue weighted by atomic mass is 10.0. The van der Waals surface area contributed by atoms with Gasteiger partial charge in [0.05, 0.1) is 10.6 Å². The molecule has 7 heteroatoms. The molecule has 1 N–H and O–H groups in total. The van der Waals surface area contributed by atoms with E-state index in [0.717, 1.165) is 11.1 Å². The maximum absolute atomic E-state index is 13.2. The summed E-state index contributed by atoms with van der Waals surface area (Å²) in [7, 11) is 0. The van der Waals surface area contributed by atoms with Crippen molar-refractivity contribution in [2.75, 3.05) is 26.2 Å². The number of aromatic nitrogens is 1. The monoisotopic (exact) mass is 448 g/mol. The minimum Gasteiger partial charge on any atom is -0.350 e. The van der Waals surface area contributed by atoms with Crippen LogP contribution in [0.4, 0.5) is 0 Å². The number of hydrogen-bond donors (Lipinski definition) is 1. The molecule has 1 aliphatic rings. The number of rotatable bonds is 6. The molecule has 0 spiro atoms. The van der Waals surface area contributed by atoms with Gasteiger partial charge in [-0.2, -0.15) is 0 Å². The van der Waals surface area contributed by atoms with Crippen LogP contribution in [0.5, 0.6) is 0 Å². The summed E-state index contributed by atoms with van der Waals surface area (Å²) >= 11 is 6.15. The van der Waals surface area contributed by atoms with Gasteiger partial charge in [-0.3, -0.25) is 19.5 Å². The van der Waals surface area contributed by atoms with Crippen LogP contribution in [0, 0.1) is 0 Å². The van der Waals surface area contributed by atoms with E-state index in [1.807, 2.05) is 60.7 Å². The maximum atomic E-state index is 13.2. The highest BCUT2D eigenvalue weighted by Gasteiger charge is 2.32. The van der Waals surface area contributed by atoms with E-state index in [1.54, 1.807) is 17.2 Å². The zero-order valence-electron chi connectivity index (χ0n) is 17.7. The lowest BCUT2D eigenvalue weighted by Crippen LogP contribution is -2.52. The third-order valence-electron chi connectivity index (χ3n) is 5.64. The van der Waals surface area contributed by atoms with E-state index in [1.165, 1.54) is 6.20 Å². The molecule has 0 radical (unpaired) electrons. The molecule has 1 unspecified atom stereocenters. The maximum Gasteiger partial charge on any atom is 0.255 e. The first-order valence-electron chi connectivity index (χ1n) is 10.6.